The highest BCUT2D eigenvalue weighted by Crippen LogP contribution is 2.41. The van der Waals surface area contributed by atoms with E-state index in [0.717, 1.165) is 69.2 Å². The van der Waals surface area contributed by atoms with Gasteiger partial charge in [-0.15, -0.1) is 5.10 Å². The second-order valence-electron chi connectivity index (χ2n) is 9.19. The van der Waals surface area contributed by atoms with Gasteiger partial charge in [-0.05, 0) is 61.5 Å². The van der Waals surface area contributed by atoms with Gasteiger partial charge in [0.15, 0.2) is 11.4 Å². The Bertz CT molecular complexity index is 1690. The van der Waals surface area contributed by atoms with Gasteiger partial charge in [0.1, 0.15) is 11.3 Å². The van der Waals surface area contributed by atoms with Crippen LogP contribution in [0.3, 0.4) is 0 Å². The zero-order valence-corrected chi connectivity index (χ0v) is 19.9. The van der Waals surface area contributed by atoms with Crippen molar-refractivity contribution >= 4 is 38.5 Å². The summed E-state index contributed by atoms with van der Waals surface area (Å²) in [6, 6.07) is 8.21. The van der Waals surface area contributed by atoms with E-state index in [1.54, 1.807) is 12.4 Å². The van der Waals surface area contributed by atoms with E-state index in [-0.39, 0.29) is 12.1 Å². The van der Waals surface area contributed by atoms with Gasteiger partial charge in [-0.25, -0.2) is 4.98 Å². The smallest absolute Gasteiger partial charge is 0.177 e. The Morgan fingerprint density at radius 3 is 2.81 bits per heavy atom. The molecule has 5 aromatic heterocycles. The first kappa shape index (κ1) is 21.2. The third kappa shape index (κ3) is 3.47. The molecule has 1 aromatic carbocycles. The molecule has 5 heterocycles. The molecule has 0 aliphatic heterocycles. The van der Waals surface area contributed by atoms with Crippen molar-refractivity contribution in [2.45, 2.75) is 37.8 Å². The van der Waals surface area contributed by atoms with Crippen LogP contribution >= 0.6 is 11.5 Å². The van der Waals surface area contributed by atoms with Crippen LogP contribution in [0.5, 0.6) is 0 Å². The lowest BCUT2D eigenvalue weighted by molar-refractivity contribution is 0.108. The van der Waals surface area contributed by atoms with Gasteiger partial charge in [0, 0.05) is 46.2 Å². The van der Waals surface area contributed by atoms with E-state index in [1.807, 2.05) is 41.3 Å². The van der Waals surface area contributed by atoms with E-state index >= 15 is 0 Å². The molecule has 1 fully saturated rings. The van der Waals surface area contributed by atoms with E-state index < -0.39 is 0 Å². The highest BCUT2D eigenvalue weighted by molar-refractivity contribution is 7.13. The molecule has 0 amide bonds. The fourth-order valence-corrected chi connectivity index (χ4v) is 5.71. The molecule has 4 N–H and O–H groups in total. The predicted octanol–water partition coefficient (Wildman–Crippen LogP) is 4.81. The fraction of sp³-hybridized carbons (Fsp3) is 0.240. The van der Waals surface area contributed by atoms with Gasteiger partial charge in [0.05, 0.1) is 28.7 Å². The molecule has 0 radical (unpaired) electrons. The van der Waals surface area contributed by atoms with Crippen LogP contribution < -0.4 is 5.73 Å². The van der Waals surface area contributed by atoms with Crippen LogP contribution in [0, 0.1) is 0 Å². The van der Waals surface area contributed by atoms with Gasteiger partial charge in [-0.3, -0.25) is 9.78 Å². The van der Waals surface area contributed by atoms with Crippen LogP contribution in [0.2, 0.25) is 0 Å². The molecule has 6 aromatic rings. The Hall–Kier alpha value is -4.09. The number of aromatic nitrogens is 7. The molecule has 1 aliphatic carbocycles. The number of H-pyrrole nitrogens is 1. The number of hydrogen-bond donors (Lipinski definition) is 3. The number of pyridine rings is 1. The zero-order chi connectivity index (χ0) is 24.2. The molecule has 36 heavy (non-hydrogen) atoms. The van der Waals surface area contributed by atoms with E-state index in [0.29, 0.717) is 17.2 Å². The summed E-state index contributed by atoms with van der Waals surface area (Å²) in [6.45, 7) is 0. The van der Waals surface area contributed by atoms with Crippen molar-refractivity contribution in [2.75, 3.05) is 5.73 Å². The molecule has 0 atom stereocenters. The number of hydrogen-bond acceptors (Lipinski definition) is 9. The van der Waals surface area contributed by atoms with Crippen molar-refractivity contribution in [1.29, 1.82) is 0 Å². The summed E-state index contributed by atoms with van der Waals surface area (Å²) in [5.74, 6) is 0.990. The molecule has 1 saturated carbocycles. The third-order valence-electron chi connectivity index (χ3n) is 6.95. The number of nitrogen functional groups attached to an aromatic ring is 1. The second-order valence-corrected chi connectivity index (χ2v) is 9.94. The van der Waals surface area contributed by atoms with Crippen LogP contribution in [-0.2, 0) is 0 Å². The molecule has 10 nitrogen and oxygen atoms in total. The largest absolute Gasteiger partial charge is 0.452 e. The summed E-state index contributed by atoms with van der Waals surface area (Å²) in [7, 11) is 0. The van der Waals surface area contributed by atoms with Crippen molar-refractivity contribution < 1.29 is 9.52 Å². The standard InChI is InChI=1S/C25H22N8O2S/c26-25-23-17(19(11-27-25)14-10-29-33(12-14)15-1-3-16(34)4-2-15)9-22(35-23)18-7-13(20-5-6-28-30-20)8-21-24(18)36-32-31-21/h5-12,15-16,34H,1-4H2,(H2,26,27)(H,28,30). The van der Waals surface area contributed by atoms with Crippen molar-refractivity contribution in [3.8, 4) is 33.7 Å². The van der Waals surface area contributed by atoms with E-state index in [2.05, 4.69) is 29.9 Å². The van der Waals surface area contributed by atoms with Crippen molar-refractivity contribution in [1.82, 2.24) is 34.5 Å². The van der Waals surface area contributed by atoms with E-state index in [1.165, 1.54) is 11.5 Å². The number of aliphatic hydroxyl groups is 1. The molecule has 11 heteroatoms. The van der Waals surface area contributed by atoms with Crippen LogP contribution in [0.25, 0.3) is 54.9 Å². The molecule has 1 aliphatic rings. The number of fused-ring (bicyclic) bond motifs is 2. The molecule has 0 saturated heterocycles. The summed E-state index contributed by atoms with van der Waals surface area (Å²) >= 11 is 1.32. The summed E-state index contributed by atoms with van der Waals surface area (Å²) < 4.78 is 13.4. The van der Waals surface area contributed by atoms with Crippen molar-refractivity contribution in [3.05, 3.63) is 49.1 Å². The normalized spacial score (nSPS) is 18.4. The first-order chi connectivity index (χ1) is 17.6. The third-order valence-corrected chi connectivity index (χ3v) is 7.73. The van der Waals surface area contributed by atoms with Gasteiger partial charge in [0.25, 0.3) is 0 Å². The number of anilines is 1. The first-order valence-electron chi connectivity index (χ1n) is 11.8. The number of aromatic amines is 1. The Morgan fingerprint density at radius 2 is 1.97 bits per heavy atom. The number of nitrogens with one attached hydrogen (secondary N) is 1. The molecule has 0 bridgehead atoms. The maximum absolute atomic E-state index is 9.85. The lowest BCUT2D eigenvalue weighted by Crippen LogP contribution is -2.21. The monoisotopic (exact) mass is 498 g/mol. The number of rotatable bonds is 4. The van der Waals surface area contributed by atoms with E-state index in [9.17, 15) is 5.11 Å². The van der Waals surface area contributed by atoms with E-state index in [4.69, 9.17) is 10.2 Å². The van der Waals surface area contributed by atoms with Gasteiger partial charge < -0.3 is 15.3 Å². The Morgan fingerprint density at radius 1 is 1.08 bits per heavy atom. The number of nitrogens with zero attached hydrogens (tertiary/aromatic N) is 6. The molecule has 0 spiro atoms. The minimum Gasteiger partial charge on any atom is -0.452 e. The maximum Gasteiger partial charge on any atom is 0.177 e. The lowest BCUT2D eigenvalue weighted by Gasteiger charge is -2.25. The molecule has 180 valence electrons. The van der Waals surface area contributed by atoms with Gasteiger partial charge in [-0.1, -0.05) is 4.49 Å². The lowest BCUT2D eigenvalue weighted by atomic mass is 9.93. The quantitative estimate of drug-likeness (QED) is 0.314. The van der Waals surface area contributed by atoms with Crippen LogP contribution in [0.15, 0.2) is 53.5 Å². The number of furan rings is 1. The Balaban J connectivity index is 1.34. The topological polar surface area (TPSA) is 145 Å². The zero-order valence-electron chi connectivity index (χ0n) is 19.1. The molecular weight excluding hydrogens is 476 g/mol. The van der Waals surface area contributed by atoms with Crippen molar-refractivity contribution in [3.63, 3.8) is 0 Å². The number of aliphatic hydroxyl groups excluding tert-OH is 1. The highest BCUT2D eigenvalue weighted by atomic mass is 32.1. The van der Waals surface area contributed by atoms with Gasteiger partial charge >= 0.3 is 0 Å². The average molecular weight is 499 g/mol. The average Bonchev–Trinajstić information content (AvgIpc) is 3.70. The summed E-state index contributed by atoms with van der Waals surface area (Å²) in [4.78, 5) is 4.41. The van der Waals surface area contributed by atoms with Crippen LogP contribution in [-0.4, -0.2) is 45.8 Å². The number of nitrogens with two attached hydrogens (primary N) is 1. The molecule has 0 unspecified atom stereocenters. The fourth-order valence-electron chi connectivity index (χ4n) is 5.05. The summed E-state index contributed by atoms with van der Waals surface area (Å²) in [5.41, 5.74) is 12.0. The summed E-state index contributed by atoms with van der Waals surface area (Å²) in [5, 5.41) is 26.8. The molecule has 7 rings (SSSR count). The second kappa shape index (κ2) is 8.25. The van der Waals surface area contributed by atoms with Crippen LogP contribution in [0.4, 0.5) is 5.82 Å². The van der Waals surface area contributed by atoms with Crippen LogP contribution in [0.1, 0.15) is 31.7 Å². The van der Waals surface area contributed by atoms with Gasteiger partial charge in [0.2, 0.25) is 0 Å². The van der Waals surface area contributed by atoms with Crippen molar-refractivity contribution in [2.24, 2.45) is 0 Å². The maximum atomic E-state index is 9.85. The Kier molecular flexibility index (Phi) is 4.86. The first-order valence-corrected chi connectivity index (χ1v) is 12.6. The minimum absolute atomic E-state index is 0.201. The molecular formula is C25H22N8O2S. The predicted molar refractivity (Wildman–Crippen MR) is 137 cm³/mol. The number of benzene rings is 1. The SMILES string of the molecule is Nc1ncc(-c2cnn(C3CCC(O)CC3)c2)c2cc(-c3cc(-c4cc[nH]n4)cc4nnsc34)oc12. The minimum atomic E-state index is -0.201. The highest BCUT2D eigenvalue weighted by Gasteiger charge is 2.23. The Labute approximate surface area is 208 Å². The van der Waals surface area contributed by atoms with Gasteiger partial charge in [-0.2, -0.15) is 10.2 Å². The summed E-state index contributed by atoms with van der Waals surface area (Å²) in [6.07, 6.45) is 10.7.